The van der Waals surface area contributed by atoms with Gasteiger partial charge in [-0.15, -0.1) is 0 Å². The van der Waals surface area contributed by atoms with E-state index in [-0.39, 0.29) is 21.8 Å². The standard InChI is InChI=1S/C18H11Br2ClF3N3O3/c1-2-30-17(29)11-7-25-27(15(11)18(22,23)24)10-5-3-9(4-6-10)26-8-12(19)14(21)13(20)16(26)28/h3-8H,2H2,1H3. The van der Waals surface area contributed by atoms with Crippen LogP contribution in [0, 0.1) is 0 Å². The molecule has 0 amide bonds. The second-order valence-corrected chi connectivity index (χ2v) is 7.86. The van der Waals surface area contributed by atoms with Crippen LogP contribution in [-0.2, 0) is 10.9 Å². The Morgan fingerprint density at radius 1 is 1.20 bits per heavy atom. The molecule has 12 heteroatoms. The summed E-state index contributed by atoms with van der Waals surface area (Å²) in [5.74, 6) is -1.12. The van der Waals surface area contributed by atoms with E-state index in [4.69, 9.17) is 11.6 Å². The molecular weight excluding hydrogens is 558 g/mol. The van der Waals surface area contributed by atoms with Gasteiger partial charge in [-0.1, -0.05) is 11.6 Å². The third-order valence-electron chi connectivity index (χ3n) is 3.96. The van der Waals surface area contributed by atoms with Crippen molar-refractivity contribution in [1.82, 2.24) is 14.3 Å². The van der Waals surface area contributed by atoms with Crippen LogP contribution < -0.4 is 5.56 Å². The Kier molecular flexibility index (Phi) is 6.44. The largest absolute Gasteiger partial charge is 0.462 e. The molecule has 0 radical (unpaired) electrons. The van der Waals surface area contributed by atoms with Gasteiger partial charge in [0.15, 0.2) is 5.69 Å². The highest BCUT2D eigenvalue weighted by Crippen LogP contribution is 2.34. The number of carbonyl (C=O) groups is 1. The van der Waals surface area contributed by atoms with Crippen LogP contribution in [0.2, 0.25) is 5.02 Å². The van der Waals surface area contributed by atoms with Crippen LogP contribution in [0.1, 0.15) is 23.0 Å². The molecule has 0 N–H and O–H groups in total. The lowest BCUT2D eigenvalue weighted by atomic mass is 10.2. The lowest BCUT2D eigenvalue weighted by Crippen LogP contribution is -2.20. The molecule has 3 rings (SSSR count). The van der Waals surface area contributed by atoms with Gasteiger partial charge < -0.3 is 4.74 Å². The third-order valence-corrected chi connectivity index (χ3v) is 6.14. The van der Waals surface area contributed by atoms with E-state index in [1.807, 2.05) is 0 Å². The van der Waals surface area contributed by atoms with E-state index in [1.165, 1.54) is 42.0 Å². The monoisotopic (exact) mass is 567 g/mol. The average Bonchev–Trinajstić information content (AvgIpc) is 3.15. The molecule has 3 aromatic rings. The van der Waals surface area contributed by atoms with Gasteiger partial charge in [0, 0.05) is 11.9 Å². The number of alkyl halides is 3. The number of esters is 1. The van der Waals surface area contributed by atoms with Crippen LogP contribution >= 0.6 is 43.5 Å². The molecular formula is C18H11Br2ClF3N3O3. The van der Waals surface area contributed by atoms with Gasteiger partial charge in [0.1, 0.15) is 10.0 Å². The van der Waals surface area contributed by atoms with Crippen molar-refractivity contribution in [2.24, 2.45) is 0 Å². The molecule has 0 unspecified atom stereocenters. The molecule has 0 aliphatic rings. The number of hydrogen-bond donors (Lipinski definition) is 0. The summed E-state index contributed by atoms with van der Waals surface area (Å²) in [4.78, 5) is 24.3. The number of halogens is 6. The summed E-state index contributed by atoms with van der Waals surface area (Å²) in [6.07, 6.45) is -2.59. The molecule has 0 bridgehead atoms. The number of rotatable bonds is 4. The van der Waals surface area contributed by atoms with Gasteiger partial charge in [-0.2, -0.15) is 18.3 Å². The third kappa shape index (κ3) is 4.19. The summed E-state index contributed by atoms with van der Waals surface area (Å²) in [6.45, 7) is 1.42. The van der Waals surface area contributed by atoms with E-state index in [1.54, 1.807) is 0 Å². The van der Waals surface area contributed by atoms with Crippen molar-refractivity contribution in [2.75, 3.05) is 6.61 Å². The molecule has 0 saturated heterocycles. The summed E-state index contributed by atoms with van der Waals surface area (Å²) in [5.41, 5.74) is -1.96. The number of hydrogen-bond acceptors (Lipinski definition) is 4. The Labute approximate surface area is 189 Å². The molecule has 0 spiro atoms. The van der Waals surface area contributed by atoms with Crippen LogP contribution in [0.3, 0.4) is 0 Å². The highest BCUT2D eigenvalue weighted by Gasteiger charge is 2.41. The van der Waals surface area contributed by atoms with Gasteiger partial charge in [0.25, 0.3) is 5.56 Å². The minimum Gasteiger partial charge on any atom is -0.462 e. The second kappa shape index (κ2) is 8.56. The second-order valence-electron chi connectivity index (χ2n) is 5.83. The van der Waals surface area contributed by atoms with Crippen molar-refractivity contribution in [3.05, 3.63) is 72.2 Å². The zero-order valence-electron chi connectivity index (χ0n) is 15.0. The van der Waals surface area contributed by atoms with Crippen molar-refractivity contribution < 1.29 is 22.7 Å². The number of pyridine rings is 1. The lowest BCUT2D eigenvalue weighted by molar-refractivity contribution is -0.143. The molecule has 0 atom stereocenters. The van der Waals surface area contributed by atoms with E-state index in [0.717, 1.165) is 6.20 Å². The highest BCUT2D eigenvalue weighted by molar-refractivity contribution is 9.11. The summed E-state index contributed by atoms with van der Waals surface area (Å²) in [7, 11) is 0. The summed E-state index contributed by atoms with van der Waals surface area (Å²) >= 11 is 12.3. The van der Waals surface area contributed by atoms with Gasteiger partial charge in [0.2, 0.25) is 0 Å². The van der Waals surface area contributed by atoms with Crippen LogP contribution in [0.25, 0.3) is 11.4 Å². The van der Waals surface area contributed by atoms with Crippen molar-refractivity contribution in [3.63, 3.8) is 0 Å². The quantitative estimate of drug-likeness (QED) is 0.395. The number of aromatic nitrogens is 3. The molecule has 30 heavy (non-hydrogen) atoms. The van der Waals surface area contributed by atoms with Gasteiger partial charge in [0.05, 0.1) is 28.0 Å². The number of benzene rings is 1. The van der Waals surface area contributed by atoms with Crippen molar-refractivity contribution in [3.8, 4) is 11.4 Å². The summed E-state index contributed by atoms with van der Waals surface area (Å²) in [5, 5.41) is 3.91. The van der Waals surface area contributed by atoms with Crippen molar-refractivity contribution >= 4 is 49.4 Å². The van der Waals surface area contributed by atoms with E-state index in [9.17, 15) is 22.8 Å². The van der Waals surface area contributed by atoms with Gasteiger partial charge in [-0.05, 0) is 63.0 Å². The minimum absolute atomic E-state index is 0.0433. The number of ether oxygens (including phenoxy) is 1. The first-order chi connectivity index (χ1) is 14.1. The maximum absolute atomic E-state index is 13.6. The Balaban J connectivity index is 2.08. The molecule has 0 aliphatic carbocycles. The fraction of sp³-hybridized carbons (Fsp3) is 0.167. The normalized spacial score (nSPS) is 11.6. The lowest BCUT2D eigenvalue weighted by Gasteiger charge is -2.13. The van der Waals surface area contributed by atoms with Crippen molar-refractivity contribution in [1.29, 1.82) is 0 Å². The molecule has 0 aliphatic heterocycles. The average molecular weight is 570 g/mol. The zero-order chi connectivity index (χ0) is 22.2. The molecule has 6 nitrogen and oxygen atoms in total. The van der Waals surface area contributed by atoms with Crippen LogP contribution in [0.5, 0.6) is 0 Å². The molecule has 1 aromatic carbocycles. The first-order valence-corrected chi connectivity index (χ1v) is 10.2. The van der Waals surface area contributed by atoms with Crippen LogP contribution in [0.4, 0.5) is 13.2 Å². The van der Waals surface area contributed by atoms with E-state index in [2.05, 4.69) is 41.7 Å². The van der Waals surface area contributed by atoms with Crippen LogP contribution in [0.15, 0.2) is 50.4 Å². The SMILES string of the molecule is CCOC(=O)c1cnn(-c2ccc(-n3cc(Br)c(Cl)c(Br)c3=O)cc2)c1C(F)(F)F. The highest BCUT2D eigenvalue weighted by atomic mass is 79.9. The van der Waals surface area contributed by atoms with Crippen molar-refractivity contribution in [2.45, 2.75) is 13.1 Å². The predicted molar refractivity (Wildman–Crippen MR) is 111 cm³/mol. The Bertz CT molecular complexity index is 1170. The maximum Gasteiger partial charge on any atom is 0.434 e. The Morgan fingerprint density at radius 2 is 1.80 bits per heavy atom. The van der Waals surface area contributed by atoms with Gasteiger partial charge in [-0.25, -0.2) is 9.48 Å². The zero-order valence-corrected chi connectivity index (χ0v) is 18.9. The fourth-order valence-electron chi connectivity index (χ4n) is 2.65. The maximum atomic E-state index is 13.6. The fourth-order valence-corrected chi connectivity index (χ4v) is 3.86. The Morgan fingerprint density at radius 3 is 2.37 bits per heavy atom. The van der Waals surface area contributed by atoms with E-state index < -0.39 is 29.0 Å². The smallest absolute Gasteiger partial charge is 0.434 e. The first kappa shape index (κ1) is 22.6. The van der Waals surface area contributed by atoms with E-state index in [0.29, 0.717) is 14.8 Å². The van der Waals surface area contributed by atoms with E-state index >= 15 is 0 Å². The Hall–Kier alpha value is -2.11. The van der Waals surface area contributed by atoms with Crippen LogP contribution in [-0.4, -0.2) is 26.9 Å². The number of nitrogens with zero attached hydrogens (tertiary/aromatic N) is 3. The number of carbonyl (C=O) groups excluding carboxylic acids is 1. The summed E-state index contributed by atoms with van der Waals surface area (Å²) in [6, 6.07) is 5.56. The predicted octanol–water partition coefficient (Wildman–Crippen LogP) is 5.40. The molecule has 0 fully saturated rings. The topological polar surface area (TPSA) is 66.1 Å². The molecule has 2 aromatic heterocycles. The van der Waals surface area contributed by atoms with Gasteiger partial charge >= 0.3 is 12.1 Å². The molecule has 158 valence electrons. The summed E-state index contributed by atoms with van der Waals surface area (Å²) < 4.78 is 48.0. The molecule has 0 saturated carbocycles. The minimum atomic E-state index is -4.85. The molecule has 2 heterocycles. The first-order valence-electron chi connectivity index (χ1n) is 8.25. The van der Waals surface area contributed by atoms with Gasteiger partial charge in [-0.3, -0.25) is 9.36 Å².